The van der Waals surface area contributed by atoms with Gasteiger partial charge in [-0.1, -0.05) is 39.0 Å². The maximum atomic E-state index is 3.48. The molecule has 1 unspecified atom stereocenters. The molecule has 0 radical (unpaired) electrons. The van der Waals surface area contributed by atoms with Crippen LogP contribution >= 0.6 is 0 Å². The fourth-order valence-electron chi connectivity index (χ4n) is 2.26. The second kappa shape index (κ2) is 6.65. The van der Waals surface area contributed by atoms with Gasteiger partial charge < -0.3 is 10.2 Å². The van der Waals surface area contributed by atoms with Crippen molar-refractivity contribution in [3.63, 3.8) is 0 Å². The van der Waals surface area contributed by atoms with E-state index in [2.05, 4.69) is 69.2 Å². The van der Waals surface area contributed by atoms with Crippen LogP contribution in [0.4, 0.5) is 5.69 Å². The van der Waals surface area contributed by atoms with E-state index in [0.717, 1.165) is 13.1 Å². The van der Waals surface area contributed by atoms with Crippen LogP contribution in [0.2, 0.25) is 0 Å². The normalized spacial score (nSPS) is 12.8. The first-order chi connectivity index (χ1) is 8.06. The highest BCUT2D eigenvalue weighted by Gasteiger charge is 2.12. The fraction of sp³-hybridized carbons (Fsp3) is 0.600. The highest BCUT2D eigenvalue weighted by atomic mass is 15.1. The van der Waals surface area contributed by atoms with Gasteiger partial charge in [-0.2, -0.15) is 0 Å². The lowest BCUT2D eigenvalue weighted by Crippen LogP contribution is -2.26. The van der Waals surface area contributed by atoms with Gasteiger partial charge in [-0.15, -0.1) is 0 Å². The van der Waals surface area contributed by atoms with E-state index in [-0.39, 0.29) is 0 Å². The Hall–Kier alpha value is -1.02. The molecule has 1 N–H and O–H groups in total. The fourth-order valence-corrected chi connectivity index (χ4v) is 2.26. The van der Waals surface area contributed by atoms with Gasteiger partial charge in [0.15, 0.2) is 0 Å². The lowest BCUT2D eigenvalue weighted by atomic mass is 10.0. The minimum Gasteiger partial charge on any atom is -0.374 e. The zero-order valence-corrected chi connectivity index (χ0v) is 11.8. The van der Waals surface area contributed by atoms with Crippen molar-refractivity contribution in [1.82, 2.24) is 5.32 Å². The number of benzene rings is 1. The average molecular weight is 234 g/mol. The summed E-state index contributed by atoms with van der Waals surface area (Å²) >= 11 is 0. The minimum absolute atomic E-state index is 0.408. The molecule has 1 rings (SSSR count). The van der Waals surface area contributed by atoms with Gasteiger partial charge in [0, 0.05) is 25.3 Å². The summed E-state index contributed by atoms with van der Waals surface area (Å²) in [7, 11) is 2.18. The van der Waals surface area contributed by atoms with Crippen LogP contribution in [-0.4, -0.2) is 20.1 Å². The largest absolute Gasteiger partial charge is 0.374 e. The van der Waals surface area contributed by atoms with E-state index in [9.17, 15) is 0 Å². The number of nitrogens with zero attached hydrogens (tertiary/aromatic N) is 1. The van der Waals surface area contributed by atoms with Gasteiger partial charge in [-0.25, -0.2) is 0 Å². The van der Waals surface area contributed by atoms with E-state index in [1.54, 1.807) is 0 Å². The molecule has 96 valence electrons. The maximum absolute atomic E-state index is 3.48. The topological polar surface area (TPSA) is 15.3 Å². The van der Waals surface area contributed by atoms with Gasteiger partial charge in [-0.3, -0.25) is 0 Å². The van der Waals surface area contributed by atoms with Crippen molar-refractivity contribution in [2.75, 3.05) is 25.0 Å². The summed E-state index contributed by atoms with van der Waals surface area (Å²) in [5.41, 5.74) is 2.73. The molecule has 0 aliphatic rings. The molecular weight excluding hydrogens is 208 g/mol. The van der Waals surface area contributed by atoms with Crippen molar-refractivity contribution in [2.24, 2.45) is 5.92 Å². The SMILES string of the molecule is CCNC(C)c1ccccc1N(C)CC(C)C. The first-order valence-electron chi connectivity index (χ1n) is 6.59. The van der Waals surface area contributed by atoms with Crippen LogP contribution in [0.3, 0.4) is 0 Å². The molecule has 0 aliphatic heterocycles. The van der Waals surface area contributed by atoms with Crippen LogP contribution in [0.25, 0.3) is 0 Å². The predicted octanol–water partition coefficient (Wildman–Crippen LogP) is 3.45. The Kier molecular flexibility index (Phi) is 5.49. The van der Waals surface area contributed by atoms with Crippen molar-refractivity contribution < 1.29 is 0 Å². The summed E-state index contributed by atoms with van der Waals surface area (Å²) < 4.78 is 0. The molecule has 17 heavy (non-hydrogen) atoms. The zero-order valence-electron chi connectivity index (χ0n) is 11.8. The molecule has 0 saturated heterocycles. The molecule has 1 aromatic carbocycles. The highest BCUT2D eigenvalue weighted by Crippen LogP contribution is 2.25. The van der Waals surface area contributed by atoms with Crippen LogP contribution in [0, 0.1) is 5.92 Å². The standard InChI is InChI=1S/C15H26N2/c1-6-16-13(4)14-9-7-8-10-15(14)17(5)11-12(2)3/h7-10,12-13,16H,6,11H2,1-5H3. The summed E-state index contributed by atoms with van der Waals surface area (Å²) in [5, 5.41) is 3.48. The van der Waals surface area contributed by atoms with Crippen molar-refractivity contribution in [3.05, 3.63) is 29.8 Å². The molecule has 0 fully saturated rings. The summed E-state index contributed by atoms with van der Waals surface area (Å²) in [6, 6.07) is 9.08. The van der Waals surface area contributed by atoms with Gasteiger partial charge in [0.2, 0.25) is 0 Å². The summed E-state index contributed by atoms with van der Waals surface area (Å²) in [6.07, 6.45) is 0. The van der Waals surface area contributed by atoms with E-state index in [1.807, 2.05) is 0 Å². The molecule has 0 saturated carbocycles. The molecule has 2 nitrogen and oxygen atoms in total. The number of rotatable bonds is 6. The number of nitrogens with one attached hydrogen (secondary N) is 1. The number of hydrogen-bond acceptors (Lipinski definition) is 2. The van der Waals surface area contributed by atoms with Crippen LogP contribution in [-0.2, 0) is 0 Å². The molecule has 0 aliphatic carbocycles. The molecular formula is C15H26N2. The Morgan fingerprint density at radius 2 is 1.82 bits per heavy atom. The van der Waals surface area contributed by atoms with Gasteiger partial charge in [0.05, 0.1) is 0 Å². The minimum atomic E-state index is 0.408. The monoisotopic (exact) mass is 234 g/mol. The van der Waals surface area contributed by atoms with E-state index in [1.165, 1.54) is 11.3 Å². The second-order valence-corrected chi connectivity index (χ2v) is 5.11. The quantitative estimate of drug-likeness (QED) is 0.811. The zero-order chi connectivity index (χ0) is 12.8. The van der Waals surface area contributed by atoms with Gasteiger partial charge in [0.25, 0.3) is 0 Å². The Bertz CT molecular complexity index is 333. The van der Waals surface area contributed by atoms with E-state index in [4.69, 9.17) is 0 Å². The Morgan fingerprint density at radius 3 is 2.41 bits per heavy atom. The molecule has 0 amide bonds. The summed E-state index contributed by atoms with van der Waals surface area (Å²) in [5.74, 6) is 0.683. The molecule has 0 heterocycles. The molecule has 0 bridgehead atoms. The molecule has 0 aromatic heterocycles. The van der Waals surface area contributed by atoms with E-state index in [0.29, 0.717) is 12.0 Å². The number of hydrogen-bond donors (Lipinski definition) is 1. The first kappa shape index (κ1) is 14.0. The van der Waals surface area contributed by atoms with E-state index >= 15 is 0 Å². The van der Waals surface area contributed by atoms with Gasteiger partial charge in [-0.05, 0) is 31.0 Å². The lowest BCUT2D eigenvalue weighted by molar-refractivity contribution is 0.590. The maximum Gasteiger partial charge on any atom is 0.0412 e. The van der Waals surface area contributed by atoms with Crippen LogP contribution in [0.1, 0.15) is 39.3 Å². The third-order valence-electron chi connectivity index (χ3n) is 2.96. The lowest BCUT2D eigenvalue weighted by Gasteiger charge is -2.26. The second-order valence-electron chi connectivity index (χ2n) is 5.11. The first-order valence-corrected chi connectivity index (χ1v) is 6.59. The van der Waals surface area contributed by atoms with Gasteiger partial charge in [0.1, 0.15) is 0 Å². The van der Waals surface area contributed by atoms with E-state index < -0.39 is 0 Å². The van der Waals surface area contributed by atoms with Crippen molar-refractivity contribution in [2.45, 2.75) is 33.7 Å². The van der Waals surface area contributed by atoms with Crippen molar-refractivity contribution in [1.29, 1.82) is 0 Å². The molecule has 1 aromatic rings. The third kappa shape index (κ3) is 4.04. The molecule has 0 spiro atoms. The summed E-state index contributed by atoms with van der Waals surface area (Å²) in [4.78, 5) is 2.36. The van der Waals surface area contributed by atoms with Crippen LogP contribution in [0.15, 0.2) is 24.3 Å². The van der Waals surface area contributed by atoms with Gasteiger partial charge >= 0.3 is 0 Å². The molecule has 2 heteroatoms. The van der Waals surface area contributed by atoms with Crippen LogP contribution < -0.4 is 10.2 Å². The smallest absolute Gasteiger partial charge is 0.0412 e. The number of anilines is 1. The number of para-hydroxylation sites is 1. The van der Waals surface area contributed by atoms with Crippen LogP contribution in [0.5, 0.6) is 0 Å². The predicted molar refractivity (Wildman–Crippen MR) is 76.6 cm³/mol. The Balaban J connectivity index is 2.90. The Morgan fingerprint density at radius 1 is 1.18 bits per heavy atom. The highest BCUT2D eigenvalue weighted by molar-refractivity contribution is 5.54. The third-order valence-corrected chi connectivity index (χ3v) is 2.96. The summed E-state index contributed by atoms with van der Waals surface area (Å²) in [6.45, 7) is 11.0. The average Bonchev–Trinajstić information content (AvgIpc) is 2.28. The Labute approximate surface area is 106 Å². The van der Waals surface area contributed by atoms with Crippen molar-refractivity contribution >= 4 is 5.69 Å². The van der Waals surface area contributed by atoms with Crippen molar-refractivity contribution in [3.8, 4) is 0 Å². The molecule has 1 atom stereocenters.